The highest BCUT2D eigenvalue weighted by Crippen LogP contribution is 2.44. The minimum atomic E-state index is -5.50. The molecule has 1 rings (SSSR count). The number of rotatable bonds is 4. The fourth-order valence-electron chi connectivity index (χ4n) is 1.55. The van der Waals surface area contributed by atoms with Crippen LogP contribution in [0.1, 0.15) is 18.5 Å². The molecule has 0 bridgehead atoms. The molecule has 24 heavy (non-hydrogen) atoms. The van der Waals surface area contributed by atoms with Crippen LogP contribution in [0.5, 0.6) is 17.2 Å². The Hall–Kier alpha value is -2.05. The summed E-state index contributed by atoms with van der Waals surface area (Å²) in [5, 5.41) is 0. The van der Waals surface area contributed by atoms with Crippen LogP contribution in [0.2, 0.25) is 0 Å². The normalized spacial score (nSPS) is 14.3. The van der Waals surface area contributed by atoms with Crippen molar-refractivity contribution in [3.05, 3.63) is 17.7 Å². The maximum Gasteiger partial charge on any atom is 0.573 e. The lowest BCUT2D eigenvalue weighted by Crippen LogP contribution is -2.24. The summed E-state index contributed by atoms with van der Waals surface area (Å²) in [7, 11) is 0. The van der Waals surface area contributed by atoms with E-state index in [2.05, 4.69) is 14.2 Å². The Balaban J connectivity index is 3.51. The molecule has 0 fully saturated rings. The quantitative estimate of drug-likeness (QED) is 0.795. The number of benzene rings is 1. The molecule has 0 aliphatic rings. The van der Waals surface area contributed by atoms with Crippen molar-refractivity contribution in [1.82, 2.24) is 0 Å². The Morgan fingerprint density at radius 1 is 0.792 bits per heavy atom. The lowest BCUT2D eigenvalue weighted by molar-refractivity contribution is -0.288. The predicted octanol–water partition coefficient (Wildman–Crippen LogP) is 4.40. The highest BCUT2D eigenvalue weighted by molar-refractivity contribution is 5.53. The molecule has 0 amide bonds. The lowest BCUT2D eigenvalue weighted by Gasteiger charge is -2.21. The molecule has 0 radical (unpaired) electrons. The van der Waals surface area contributed by atoms with Gasteiger partial charge in [-0.2, -0.15) is 0 Å². The van der Waals surface area contributed by atoms with Gasteiger partial charge in [-0.15, -0.1) is 39.5 Å². The zero-order chi connectivity index (χ0) is 18.9. The SMILES string of the molecule is CC(N)c1cc(OC(F)(F)F)cc(OC(F)(F)F)c1OC(F)(F)F. The second-order valence-corrected chi connectivity index (χ2v) is 4.27. The standard InChI is InChI=1S/C11H8F9NO3/c1-4(21)6-2-5(22-9(12,13)14)3-7(23-10(15,16)17)8(6)24-11(18,19)20/h2-4H,21H2,1H3. The first-order valence-corrected chi connectivity index (χ1v) is 5.78. The van der Waals surface area contributed by atoms with Gasteiger partial charge >= 0.3 is 19.1 Å². The van der Waals surface area contributed by atoms with E-state index in [0.29, 0.717) is 6.07 Å². The molecule has 13 heteroatoms. The molecular weight excluding hydrogens is 365 g/mol. The maximum absolute atomic E-state index is 12.4. The van der Waals surface area contributed by atoms with Gasteiger partial charge in [0.05, 0.1) is 0 Å². The molecule has 1 aromatic rings. The van der Waals surface area contributed by atoms with Crippen LogP contribution in [0.25, 0.3) is 0 Å². The van der Waals surface area contributed by atoms with Gasteiger partial charge in [0.25, 0.3) is 0 Å². The predicted molar refractivity (Wildman–Crippen MR) is 59.1 cm³/mol. The van der Waals surface area contributed by atoms with E-state index in [9.17, 15) is 39.5 Å². The smallest absolute Gasteiger partial charge is 0.406 e. The van der Waals surface area contributed by atoms with Gasteiger partial charge in [0.2, 0.25) is 0 Å². The molecular formula is C11H8F9NO3. The van der Waals surface area contributed by atoms with Gasteiger partial charge in [-0.1, -0.05) is 0 Å². The van der Waals surface area contributed by atoms with Crippen LogP contribution in [0.4, 0.5) is 39.5 Å². The maximum atomic E-state index is 12.4. The molecule has 2 N–H and O–H groups in total. The molecule has 4 nitrogen and oxygen atoms in total. The van der Waals surface area contributed by atoms with E-state index < -0.39 is 47.9 Å². The van der Waals surface area contributed by atoms with Crippen LogP contribution in [0.15, 0.2) is 12.1 Å². The molecule has 1 unspecified atom stereocenters. The molecule has 0 saturated carbocycles. The Morgan fingerprint density at radius 2 is 1.25 bits per heavy atom. The number of hydrogen-bond donors (Lipinski definition) is 1. The second-order valence-electron chi connectivity index (χ2n) is 4.27. The van der Waals surface area contributed by atoms with Gasteiger partial charge in [0.15, 0.2) is 11.5 Å². The summed E-state index contributed by atoms with van der Waals surface area (Å²) in [5.41, 5.74) is 4.44. The number of ether oxygens (including phenoxy) is 3. The Labute approximate surface area is 127 Å². The topological polar surface area (TPSA) is 53.7 Å². The molecule has 0 aliphatic carbocycles. The summed E-state index contributed by atoms with van der Waals surface area (Å²) in [6.07, 6.45) is -16.3. The monoisotopic (exact) mass is 373 g/mol. The highest BCUT2D eigenvalue weighted by atomic mass is 19.4. The summed E-state index contributed by atoms with van der Waals surface area (Å²) in [6.45, 7) is 1.01. The van der Waals surface area contributed by atoms with Crippen molar-refractivity contribution >= 4 is 0 Å². The number of hydrogen-bond acceptors (Lipinski definition) is 4. The van der Waals surface area contributed by atoms with Gasteiger partial charge < -0.3 is 19.9 Å². The molecule has 1 atom stereocenters. The van der Waals surface area contributed by atoms with Gasteiger partial charge in [-0.05, 0) is 13.0 Å². The molecule has 0 aliphatic heterocycles. The third-order valence-corrected chi connectivity index (χ3v) is 2.22. The Morgan fingerprint density at radius 3 is 1.62 bits per heavy atom. The molecule has 0 aromatic heterocycles. The van der Waals surface area contributed by atoms with Crippen LogP contribution in [0, 0.1) is 0 Å². The van der Waals surface area contributed by atoms with Crippen molar-refractivity contribution in [2.24, 2.45) is 5.73 Å². The van der Waals surface area contributed by atoms with Crippen molar-refractivity contribution in [1.29, 1.82) is 0 Å². The third kappa shape index (κ3) is 6.60. The largest absolute Gasteiger partial charge is 0.573 e. The fraction of sp³-hybridized carbons (Fsp3) is 0.455. The molecule has 0 spiro atoms. The van der Waals surface area contributed by atoms with Crippen molar-refractivity contribution in [2.75, 3.05) is 0 Å². The van der Waals surface area contributed by atoms with Crippen molar-refractivity contribution < 1.29 is 53.7 Å². The summed E-state index contributed by atoms with van der Waals surface area (Å²) in [4.78, 5) is 0. The van der Waals surface area contributed by atoms with Gasteiger partial charge in [0, 0.05) is 17.7 Å². The average Bonchev–Trinajstić information content (AvgIpc) is 2.25. The van der Waals surface area contributed by atoms with E-state index in [1.165, 1.54) is 0 Å². The zero-order valence-electron chi connectivity index (χ0n) is 11.4. The molecule has 138 valence electrons. The highest BCUT2D eigenvalue weighted by Gasteiger charge is 2.39. The summed E-state index contributed by atoms with van der Waals surface area (Å²) in [6, 6.07) is -1.12. The van der Waals surface area contributed by atoms with Crippen LogP contribution < -0.4 is 19.9 Å². The minimum absolute atomic E-state index is 0.0477. The van der Waals surface area contributed by atoms with Gasteiger partial charge in [0.1, 0.15) is 5.75 Å². The van der Waals surface area contributed by atoms with Crippen LogP contribution in [-0.2, 0) is 0 Å². The zero-order valence-corrected chi connectivity index (χ0v) is 11.4. The van der Waals surface area contributed by atoms with Gasteiger partial charge in [-0.25, -0.2) is 0 Å². The van der Waals surface area contributed by atoms with Crippen LogP contribution in [-0.4, -0.2) is 19.1 Å². The van der Waals surface area contributed by atoms with Crippen molar-refractivity contribution in [3.63, 3.8) is 0 Å². The molecule has 1 aromatic carbocycles. The summed E-state index contributed by atoms with van der Waals surface area (Å²) < 4.78 is 121. The van der Waals surface area contributed by atoms with Crippen molar-refractivity contribution in [2.45, 2.75) is 32.1 Å². The second kappa shape index (κ2) is 6.45. The number of alkyl halides is 9. The van der Waals surface area contributed by atoms with E-state index in [0.717, 1.165) is 6.92 Å². The van der Waals surface area contributed by atoms with Crippen LogP contribution >= 0.6 is 0 Å². The first-order valence-electron chi connectivity index (χ1n) is 5.78. The third-order valence-electron chi connectivity index (χ3n) is 2.22. The number of halogens is 9. The Kier molecular flexibility index (Phi) is 5.38. The Bertz CT molecular complexity index is 578. The van der Waals surface area contributed by atoms with Gasteiger partial charge in [-0.3, -0.25) is 0 Å². The van der Waals surface area contributed by atoms with Crippen LogP contribution in [0.3, 0.4) is 0 Å². The van der Waals surface area contributed by atoms with E-state index in [-0.39, 0.29) is 6.07 Å². The first-order chi connectivity index (χ1) is 10.6. The molecule has 0 heterocycles. The van der Waals surface area contributed by atoms with Crippen molar-refractivity contribution in [3.8, 4) is 17.2 Å². The fourth-order valence-corrected chi connectivity index (χ4v) is 1.55. The number of nitrogens with two attached hydrogens (primary N) is 1. The van der Waals surface area contributed by atoms with E-state index in [4.69, 9.17) is 5.73 Å². The lowest BCUT2D eigenvalue weighted by atomic mass is 10.1. The van der Waals surface area contributed by atoms with E-state index >= 15 is 0 Å². The first kappa shape index (κ1) is 20.0. The minimum Gasteiger partial charge on any atom is -0.406 e. The molecule has 0 saturated heterocycles. The summed E-state index contributed by atoms with van der Waals surface area (Å²) >= 11 is 0. The average molecular weight is 373 g/mol. The summed E-state index contributed by atoms with van der Waals surface area (Å²) in [5.74, 6) is -4.47. The van der Waals surface area contributed by atoms with E-state index in [1.807, 2.05) is 0 Å². The van der Waals surface area contributed by atoms with E-state index in [1.54, 1.807) is 0 Å².